The van der Waals surface area contributed by atoms with Crippen molar-refractivity contribution >= 4 is 11.9 Å². The number of carbonyl (C=O) groups is 2. The Morgan fingerprint density at radius 3 is 1.96 bits per heavy atom. The normalized spacial score (nSPS) is 30.2. The third-order valence-corrected chi connectivity index (χ3v) is 6.09. The molecule has 0 unspecified atom stereocenters. The van der Waals surface area contributed by atoms with Crippen molar-refractivity contribution in [1.29, 1.82) is 0 Å². The molecule has 4 fully saturated rings. The summed E-state index contributed by atoms with van der Waals surface area (Å²) < 4.78 is 57.9. The summed E-state index contributed by atoms with van der Waals surface area (Å²) in [5.41, 5.74) is -0.316. The zero-order valence-electron chi connectivity index (χ0n) is 15.0. The highest BCUT2D eigenvalue weighted by atomic mass is 19.2. The highest BCUT2D eigenvalue weighted by molar-refractivity contribution is 5.95. The Hall–Kier alpha value is -2.32. The monoisotopic (exact) mass is 400 g/mol. The molecule has 0 aromatic heterocycles. The van der Waals surface area contributed by atoms with Crippen LogP contribution in [0.15, 0.2) is 6.07 Å². The Morgan fingerprint density at radius 2 is 1.46 bits per heavy atom. The third-order valence-electron chi connectivity index (χ3n) is 6.09. The van der Waals surface area contributed by atoms with E-state index < -0.39 is 47.6 Å². The highest BCUT2D eigenvalue weighted by Crippen LogP contribution is 2.55. The Morgan fingerprint density at radius 1 is 0.964 bits per heavy atom. The summed E-state index contributed by atoms with van der Waals surface area (Å²) in [7, 11) is 0. The summed E-state index contributed by atoms with van der Waals surface area (Å²) >= 11 is 0. The van der Waals surface area contributed by atoms with E-state index in [2.05, 4.69) is 10.1 Å². The van der Waals surface area contributed by atoms with Crippen LogP contribution < -0.4 is 15.4 Å². The van der Waals surface area contributed by atoms with Crippen molar-refractivity contribution in [3.05, 3.63) is 29.3 Å². The molecule has 4 bridgehead atoms. The molecular weight excluding hydrogens is 380 g/mol. The first kappa shape index (κ1) is 19.0. The largest absolute Gasteiger partial charge is 0.477 e. The SMILES string of the molecule is O=C(COc1c(F)c(F)cc(F)c1F)NC(=O)NC12CC3CC(CC(C3)C1)C2. The molecule has 3 amide bonds. The van der Waals surface area contributed by atoms with Crippen LogP contribution in [0.2, 0.25) is 0 Å². The number of carbonyl (C=O) groups excluding carboxylic acids is 2. The van der Waals surface area contributed by atoms with Crippen LogP contribution in [-0.2, 0) is 4.79 Å². The molecule has 2 N–H and O–H groups in total. The predicted molar refractivity (Wildman–Crippen MR) is 89.3 cm³/mol. The number of hydrogen-bond donors (Lipinski definition) is 2. The molecular formula is C19H20F4N2O3. The average molecular weight is 400 g/mol. The van der Waals surface area contributed by atoms with Gasteiger partial charge in [-0.05, 0) is 56.3 Å². The zero-order chi connectivity index (χ0) is 20.1. The van der Waals surface area contributed by atoms with E-state index in [1.54, 1.807) is 0 Å². The van der Waals surface area contributed by atoms with Crippen molar-refractivity contribution in [1.82, 2.24) is 10.6 Å². The quantitative estimate of drug-likeness (QED) is 0.601. The van der Waals surface area contributed by atoms with Crippen molar-refractivity contribution in [2.24, 2.45) is 17.8 Å². The maximum absolute atomic E-state index is 13.5. The minimum Gasteiger partial charge on any atom is -0.477 e. The molecule has 9 heteroatoms. The van der Waals surface area contributed by atoms with Gasteiger partial charge in [0.2, 0.25) is 11.6 Å². The minimum atomic E-state index is -1.75. The van der Waals surface area contributed by atoms with Crippen LogP contribution in [0, 0.1) is 41.0 Å². The predicted octanol–water partition coefficient (Wildman–Crippen LogP) is 3.42. The standard InChI is InChI=1S/C19H20F4N2O3/c20-12-4-13(21)16(23)17(15(12)22)28-8-14(26)24-18(27)25-19-5-9-1-10(6-19)3-11(2-9)7-19/h4,9-11H,1-3,5-8H2,(H2,24,25,26,27). The van der Waals surface area contributed by atoms with Crippen molar-refractivity contribution in [2.45, 2.75) is 44.1 Å². The molecule has 28 heavy (non-hydrogen) atoms. The van der Waals surface area contributed by atoms with E-state index in [0.717, 1.165) is 19.3 Å². The van der Waals surface area contributed by atoms with Crippen LogP contribution in [0.5, 0.6) is 5.75 Å². The lowest BCUT2D eigenvalue weighted by Crippen LogP contribution is -2.62. The third kappa shape index (κ3) is 3.54. The van der Waals surface area contributed by atoms with E-state index in [1.165, 1.54) is 19.3 Å². The minimum absolute atomic E-state index is 0.0382. The Kier molecular flexibility index (Phi) is 4.71. The number of rotatable bonds is 4. The summed E-state index contributed by atoms with van der Waals surface area (Å²) in [5, 5.41) is 4.95. The summed E-state index contributed by atoms with van der Waals surface area (Å²) in [5.74, 6) is -7.31. The zero-order valence-corrected chi connectivity index (χ0v) is 15.0. The fourth-order valence-corrected chi connectivity index (χ4v) is 5.51. The van der Waals surface area contributed by atoms with E-state index in [-0.39, 0.29) is 11.6 Å². The topological polar surface area (TPSA) is 67.4 Å². The molecule has 1 aromatic carbocycles. The fourth-order valence-electron chi connectivity index (χ4n) is 5.51. The number of ether oxygens (including phenoxy) is 1. The molecule has 0 aliphatic heterocycles. The Balaban J connectivity index is 1.33. The molecule has 4 aliphatic carbocycles. The first-order valence-electron chi connectivity index (χ1n) is 9.32. The van der Waals surface area contributed by atoms with E-state index >= 15 is 0 Å². The summed E-state index contributed by atoms with van der Waals surface area (Å²) in [4.78, 5) is 24.1. The molecule has 4 saturated carbocycles. The van der Waals surface area contributed by atoms with Crippen LogP contribution in [0.25, 0.3) is 0 Å². The second-order valence-corrected chi connectivity index (χ2v) is 8.29. The van der Waals surface area contributed by atoms with Gasteiger partial charge in [0.15, 0.2) is 24.0 Å². The van der Waals surface area contributed by atoms with Gasteiger partial charge in [0.05, 0.1) is 0 Å². The fraction of sp³-hybridized carbons (Fsp3) is 0.579. The Labute approximate surface area is 158 Å². The number of nitrogens with one attached hydrogen (secondary N) is 2. The molecule has 0 atom stereocenters. The smallest absolute Gasteiger partial charge is 0.321 e. The van der Waals surface area contributed by atoms with Crippen LogP contribution in [0.3, 0.4) is 0 Å². The number of urea groups is 1. The number of hydrogen-bond acceptors (Lipinski definition) is 3. The maximum atomic E-state index is 13.5. The molecule has 152 valence electrons. The molecule has 0 radical (unpaired) electrons. The van der Waals surface area contributed by atoms with Crippen molar-refractivity contribution in [3.8, 4) is 5.75 Å². The number of halogens is 4. The van der Waals surface area contributed by atoms with Crippen molar-refractivity contribution in [2.75, 3.05) is 6.61 Å². The highest BCUT2D eigenvalue weighted by Gasteiger charge is 2.51. The maximum Gasteiger partial charge on any atom is 0.321 e. The van der Waals surface area contributed by atoms with E-state index in [0.29, 0.717) is 17.8 Å². The first-order valence-corrected chi connectivity index (χ1v) is 9.32. The van der Waals surface area contributed by atoms with E-state index in [1.807, 2.05) is 5.32 Å². The molecule has 1 aromatic rings. The van der Waals surface area contributed by atoms with Gasteiger partial charge in [0.25, 0.3) is 5.91 Å². The second kappa shape index (κ2) is 6.93. The van der Waals surface area contributed by atoms with E-state index in [9.17, 15) is 27.2 Å². The molecule has 5 rings (SSSR count). The number of imide groups is 1. The van der Waals surface area contributed by atoms with Gasteiger partial charge in [-0.2, -0.15) is 8.78 Å². The van der Waals surface area contributed by atoms with Gasteiger partial charge in [-0.15, -0.1) is 0 Å². The molecule has 0 spiro atoms. The molecule has 0 heterocycles. The van der Waals surface area contributed by atoms with Gasteiger partial charge < -0.3 is 10.1 Å². The van der Waals surface area contributed by atoms with Crippen molar-refractivity contribution in [3.63, 3.8) is 0 Å². The lowest BCUT2D eigenvalue weighted by Gasteiger charge is -2.56. The van der Waals surface area contributed by atoms with Gasteiger partial charge in [-0.1, -0.05) is 0 Å². The number of amides is 3. The Bertz CT molecular complexity index is 768. The molecule has 0 saturated heterocycles. The van der Waals surface area contributed by atoms with Gasteiger partial charge >= 0.3 is 6.03 Å². The van der Waals surface area contributed by atoms with Crippen LogP contribution in [-0.4, -0.2) is 24.1 Å². The van der Waals surface area contributed by atoms with Crippen molar-refractivity contribution < 1.29 is 31.9 Å². The lowest BCUT2D eigenvalue weighted by molar-refractivity contribution is -0.122. The van der Waals surface area contributed by atoms with Gasteiger partial charge in [0, 0.05) is 11.6 Å². The van der Waals surface area contributed by atoms with Crippen LogP contribution in [0.4, 0.5) is 22.4 Å². The average Bonchev–Trinajstić information content (AvgIpc) is 2.58. The van der Waals surface area contributed by atoms with E-state index in [4.69, 9.17) is 0 Å². The number of benzene rings is 1. The lowest BCUT2D eigenvalue weighted by atomic mass is 9.53. The van der Waals surface area contributed by atoms with Gasteiger partial charge in [-0.25, -0.2) is 13.6 Å². The summed E-state index contributed by atoms with van der Waals surface area (Å²) in [6.07, 6.45) is 6.23. The van der Waals surface area contributed by atoms with Gasteiger partial charge in [0.1, 0.15) is 0 Å². The molecule has 5 nitrogen and oxygen atoms in total. The summed E-state index contributed by atoms with van der Waals surface area (Å²) in [6, 6.07) is -0.668. The second-order valence-electron chi connectivity index (χ2n) is 8.29. The van der Waals surface area contributed by atoms with Gasteiger partial charge in [-0.3, -0.25) is 10.1 Å². The molecule has 4 aliphatic rings. The first-order chi connectivity index (χ1) is 13.2. The van der Waals surface area contributed by atoms with Crippen LogP contribution in [0.1, 0.15) is 38.5 Å². The van der Waals surface area contributed by atoms with Crippen LogP contribution >= 0.6 is 0 Å². The summed E-state index contributed by atoms with van der Waals surface area (Å²) in [6.45, 7) is -0.967.